The monoisotopic (exact) mass is 327 g/mol. The van der Waals surface area contributed by atoms with Crippen LogP contribution in [0.2, 0.25) is 0 Å². The number of hydrogen-bond acceptors (Lipinski definition) is 2. The molecule has 2 N–H and O–H groups in total. The summed E-state index contributed by atoms with van der Waals surface area (Å²) in [5.74, 6) is -1.43. The summed E-state index contributed by atoms with van der Waals surface area (Å²) in [6.45, 7) is 7.24. The molecule has 1 aromatic carbocycles. The second-order valence-electron chi connectivity index (χ2n) is 5.59. The quantitative estimate of drug-likeness (QED) is 0.896. The van der Waals surface area contributed by atoms with Crippen LogP contribution in [0.25, 0.3) is 0 Å². The maximum absolute atomic E-state index is 12.1. The van der Waals surface area contributed by atoms with E-state index in [0.717, 1.165) is 5.56 Å². The van der Waals surface area contributed by atoms with Gasteiger partial charge in [-0.15, -0.1) is 0 Å². The number of carboxylic acid groups (broad SMARTS) is 1. The normalized spacial score (nSPS) is 12.9. The summed E-state index contributed by atoms with van der Waals surface area (Å²) in [7, 11) is 0. The van der Waals surface area contributed by atoms with Gasteiger partial charge in [0.05, 0.1) is 5.56 Å². The van der Waals surface area contributed by atoms with Crippen LogP contribution in [-0.2, 0) is 4.79 Å². The van der Waals surface area contributed by atoms with Gasteiger partial charge >= 0.3 is 5.97 Å². The summed E-state index contributed by atoms with van der Waals surface area (Å²) in [5.41, 5.74) is 0.897. The number of hydrogen-bond donors (Lipinski definition) is 2. The average Bonchev–Trinajstić information content (AvgIpc) is 2.23. The highest BCUT2D eigenvalue weighted by Crippen LogP contribution is 2.22. The summed E-state index contributed by atoms with van der Waals surface area (Å²) in [6.07, 6.45) is 0. The van der Waals surface area contributed by atoms with Crippen LogP contribution in [0.4, 0.5) is 0 Å². The van der Waals surface area contributed by atoms with Gasteiger partial charge < -0.3 is 10.4 Å². The topological polar surface area (TPSA) is 66.4 Å². The van der Waals surface area contributed by atoms with Crippen molar-refractivity contribution in [3.8, 4) is 0 Å². The molecular formula is C14H18BrNO3. The Morgan fingerprint density at radius 2 is 1.89 bits per heavy atom. The van der Waals surface area contributed by atoms with Gasteiger partial charge in [-0.25, -0.2) is 4.79 Å². The molecule has 0 aliphatic carbocycles. The van der Waals surface area contributed by atoms with Crippen LogP contribution < -0.4 is 5.32 Å². The lowest BCUT2D eigenvalue weighted by Gasteiger charge is -2.27. The van der Waals surface area contributed by atoms with Crippen LogP contribution in [0.15, 0.2) is 22.7 Å². The standard InChI is InChI=1S/C14H18BrNO3/c1-8-5-6-9(10(15)7-8)12(17)16-11(13(18)19)14(2,3)4/h5-7,11H,1-4H3,(H,16,17)(H,18,19). The third-order valence-electron chi connectivity index (χ3n) is 2.76. The van der Waals surface area contributed by atoms with Gasteiger partial charge in [0, 0.05) is 4.47 Å². The van der Waals surface area contributed by atoms with Crippen molar-refractivity contribution in [1.29, 1.82) is 0 Å². The van der Waals surface area contributed by atoms with Crippen molar-refractivity contribution in [2.24, 2.45) is 5.41 Å². The number of amides is 1. The SMILES string of the molecule is Cc1ccc(C(=O)NC(C(=O)O)C(C)(C)C)c(Br)c1. The molecule has 1 aromatic rings. The van der Waals surface area contributed by atoms with E-state index in [1.807, 2.05) is 19.1 Å². The molecule has 5 heteroatoms. The van der Waals surface area contributed by atoms with Gasteiger partial charge in [-0.05, 0) is 46.0 Å². The number of carbonyl (C=O) groups is 2. The van der Waals surface area contributed by atoms with Gasteiger partial charge in [0.2, 0.25) is 0 Å². The van der Waals surface area contributed by atoms with E-state index in [1.54, 1.807) is 26.8 Å². The van der Waals surface area contributed by atoms with Crippen molar-refractivity contribution in [1.82, 2.24) is 5.32 Å². The molecule has 0 bridgehead atoms. The minimum Gasteiger partial charge on any atom is -0.480 e. The van der Waals surface area contributed by atoms with Gasteiger partial charge in [-0.1, -0.05) is 26.8 Å². The Labute approximate surface area is 121 Å². The molecule has 1 rings (SSSR count). The molecule has 1 amide bonds. The summed E-state index contributed by atoms with van der Waals surface area (Å²) >= 11 is 3.32. The van der Waals surface area contributed by atoms with E-state index >= 15 is 0 Å². The third kappa shape index (κ3) is 4.06. The minimum atomic E-state index is -1.04. The Hall–Kier alpha value is -1.36. The molecule has 4 nitrogen and oxygen atoms in total. The number of rotatable bonds is 3. The first-order valence-electron chi connectivity index (χ1n) is 5.92. The fourth-order valence-corrected chi connectivity index (χ4v) is 2.34. The van der Waals surface area contributed by atoms with E-state index in [1.165, 1.54) is 0 Å². The molecule has 0 fully saturated rings. The Bertz CT molecular complexity index is 506. The number of aryl methyl sites for hydroxylation is 1. The molecule has 104 valence electrons. The van der Waals surface area contributed by atoms with Crippen molar-refractivity contribution < 1.29 is 14.7 Å². The largest absolute Gasteiger partial charge is 0.480 e. The highest BCUT2D eigenvalue weighted by atomic mass is 79.9. The second kappa shape index (κ2) is 5.74. The number of aliphatic carboxylic acids is 1. The van der Waals surface area contributed by atoms with Gasteiger partial charge in [-0.3, -0.25) is 4.79 Å². The number of benzene rings is 1. The molecule has 0 aliphatic rings. The van der Waals surface area contributed by atoms with Gasteiger partial charge in [0.1, 0.15) is 6.04 Å². The number of nitrogens with one attached hydrogen (secondary N) is 1. The van der Waals surface area contributed by atoms with E-state index in [0.29, 0.717) is 10.0 Å². The van der Waals surface area contributed by atoms with E-state index < -0.39 is 23.3 Å². The highest BCUT2D eigenvalue weighted by Gasteiger charge is 2.33. The molecule has 0 aromatic heterocycles. The predicted octanol–water partition coefficient (Wildman–Crippen LogP) is 2.99. The van der Waals surface area contributed by atoms with Crippen LogP contribution in [-0.4, -0.2) is 23.0 Å². The molecule has 0 saturated carbocycles. The lowest BCUT2D eigenvalue weighted by Crippen LogP contribution is -2.49. The van der Waals surface area contributed by atoms with Crippen LogP contribution in [0.5, 0.6) is 0 Å². The summed E-state index contributed by atoms with van der Waals surface area (Å²) < 4.78 is 0.656. The third-order valence-corrected chi connectivity index (χ3v) is 3.41. The van der Waals surface area contributed by atoms with Crippen molar-refractivity contribution in [3.05, 3.63) is 33.8 Å². The fraction of sp³-hybridized carbons (Fsp3) is 0.429. The molecule has 1 unspecified atom stereocenters. The maximum atomic E-state index is 12.1. The van der Waals surface area contributed by atoms with Crippen LogP contribution >= 0.6 is 15.9 Å². The Balaban J connectivity index is 2.98. The van der Waals surface area contributed by atoms with Crippen molar-refractivity contribution in [3.63, 3.8) is 0 Å². The number of halogens is 1. The van der Waals surface area contributed by atoms with Gasteiger partial charge in [0.25, 0.3) is 5.91 Å². The minimum absolute atomic E-state index is 0.394. The smallest absolute Gasteiger partial charge is 0.326 e. The molecule has 0 aliphatic heterocycles. The highest BCUT2D eigenvalue weighted by molar-refractivity contribution is 9.10. The average molecular weight is 328 g/mol. The van der Waals surface area contributed by atoms with E-state index in [9.17, 15) is 14.7 Å². The zero-order chi connectivity index (χ0) is 14.8. The van der Waals surface area contributed by atoms with Gasteiger partial charge in [-0.2, -0.15) is 0 Å². The molecule has 1 atom stereocenters. The summed E-state index contributed by atoms with van der Waals surface area (Å²) in [6, 6.07) is 4.37. The molecular weight excluding hydrogens is 310 g/mol. The summed E-state index contributed by atoms with van der Waals surface area (Å²) in [4.78, 5) is 23.4. The molecule has 0 saturated heterocycles. The predicted molar refractivity (Wildman–Crippen MR) is 77.2 cm³/mol. The van der Waals surface area contributed by atoms with Crippen LogP contribution in [0.3, 0.4) is 0 Å². The summed E-state index contributed by atoms with van der Waals surface area (Å²) in [5, 5.41) is 11.8. The zero-order valence-corrected chi connectivity index (χ0v) is 13.0. The lowest BCUT2D eigenvalue weighted by molar-refractivity contribution is -0.142. The van der Waals surface area contributed by atoms with E-state index in [4.69, 9.17) is 0 Å². The molecule has 0 heterocycles. The molecule has 0 spiro atoms. The van der Waals surface area contributed by atoms with Crippen molar-refractivity contribution >= 4 is 27.8 Å². The number of carbonyl (C=O) groups excluding carboxylic acids is 1. The van der Waals surface area contributed by atoms with Crippen LogP contribution in [0, 0.1) is 12.3 Å². The van der Waals surface area contributed by atoms with Crippen molar-refractivity contribution in [2.75, 3.05) is 0 Å². The molecule has 0 radical (unpaired) electrons. The first-order chi connectivity index (χ1) is 8.62. The molecule has 19 heavy (non-hydrogen) atoms. The van der Waals surface area contributed by atoms with Crippen LogP contribution in [0.1, 0.15) is 36.7 Å². The lowest BCUT2D eigenvalue weighted by atomic mass is 9.86. The Kier molecular flexibility index (Phi) is 4.74. The Morgan fingerprint density at radius 1 is 1.32 bits per heavy atom. The fourth-order valence-electron chi connectivity index (χ4n) is 1.66. The first-order valence-corrected chi connectivity index (χ1v) is 6.72. The van der Waals surface area contributed by atoms with E-state index in [2.05, 4.69) is 21.2 Å². The number of carboxylic acids is 1. The zero-order valence-electron chi connectivity index (χ0n) is 11.5. The van der Waals surface area contributed by atoms with Crippen molar-refractivity contribution in [2.45, 2.75) is 33.7 Å². The van der Waals surface area contributed by atoms with Gasteiger partial charge in [0.15, 0.2) is 0 Å². The second-order valence-corrected chi connectivity index (χ2v) is 6.45. The first kappa shape index (κ1) is 15.7. The van der Waals surface area contributed by atoms with E-state index in [-0.39, 0.29) is 0 Å². The Morgan fingerprint density at radius 3 is 2.32 bits per heavy atom. The maximum Gasteiger partial charge on any atom is 0.326 e.